The molecule has 0 atom stereocenters. The third-order valence-electron chi connectivity index (χ3n) is 5.22. The van der Waals surface area contributed by atoms with E-state index in [-0.39, 0.29) is 17.9 Å². The van der Waals surface area contributed by atoms with Gasteiger partial charge in [0.2, 0.25) is 0 Å². The summed E-state index contributed by atoms with van der Waals surface area (Å²) in [4.78, 5) is 27.1. The molecule has 0 unspecified atom stereocenters. The summed E-state index contributed by atoms with van der Waals surface area (Å²) in [5, 5.41) is 5.93. The average Bonchev–Trinajstić information content (AvgIpc) is 2.77. The van der Waals surface area contributed by atoms with Crippen LogP contribution in [0.3, 0.4) is 0 Å². The number of hydrogen-bond donors (Lipinski definition) is 2. The molecule has 0 aliphatic carbocycles. The molecule has 30 heavy (non-hydrogen) atoms. The van der Waals surface area contributed by atoms with Gasteiger partial charge < -0.3 is 20.3 Å². The summed E-state index contributed by atoms with van der Waals surface area (Å²) in [5.41, 5.74) is 1.88. The minimum atomic E-state index is -0.422. The first kappa shape index (κ1) is 21.8. The van der Waals surface area contributed by atoms with Gasteiger partial charge in [-0.1, -0.05) is 18.2 Å². The van der Waals surface area contributed by atoms with Crippen LogP contribution in [0.5, 0.6) is 0 Å². The van der Waals surface area contributed by atoms with Crippen LogP contribution in [-0.2, 0) is 4.74 Å². The van der Waals surface area contributed by atoms with E-state index in [1.54, 1.807) is 13.2 Å². The van der Waals surface area contributed by atoms with Crippen molar-refractivity contribution >= 4 is 17.5 Å². The fraction of sp³-hybridized carbons (Fsp3) is 0.391. The topological polar surface area (TPSA) is 70.7 Å². The van der Waals surface area contributed by atoms with Gasteiger partial charge in [0.25, 0.3) is 11.8 Å². The number of methoxy groups -OCH3 is 1. The lowest BCUT2D eigenvalue weighted by Crippen LogP contribution is -2.45. The summed E-state index contributed by atoms with van der Waals surface area (Å²) in [7, 11) is 1.64. The number of amides is 2. The van der Waals surface area contributed by atoms with E-state index in [4.69, 9.17) is 4.74 Å². The summed E-state index contributed by atoms with van der Waals surface area (Å²) in [5.74, 6) is -0.776. The third-order valence-corrected chi connectivity index (χ3v) is 5.22. The second kappa shape index (κ2) is 10.7. The fourth-order valence-electron chi connectivity index (χ4n) is 3.62. The van der Waals surface area contributed by atoms with Gasteiger partial charge in [-0.05, 0) is 49.6 Å². The summed E-state index contributed by atoms with van der Waals surface area (Å²) in [6.45, 7) is 2.62. The van der Waals surface area contributed by atoms with Crippen molar-refractivity contribution in [2.75, 3.05) is 38.3 Å². The van der Waals surface area contributed by atoms with E-state index < -0.39 is 5.82 Å². The van der Waals surface area contributed by atoms with Crippen molar-refractivity contribution in [2.45, 2.75) is 25.3 Å². The van der Waals surface area contributed by atoms with Crippen LogP contribution in [0.4, 0.5) is 10.1 Å². The number of piperidine rings is 1. The molecular formula is C23H28FN3O3. The highest BCUT2D eigenvalue weighted by atomic mass is 19.1. The van der Waals surface area contributed by atoms with Crippen LogP contribution in [0, 0.1) is 5.82 Å². The Morgan fingerprint density at radius 2 is 1.87 bits per heavy atom. The minimum absolute atomic E-state index is 0.0204. The SMILES string of the molecule is COCCCNC(=O)c1ccccc1N1CCC(NC(=O)c2cccc(F)c2)CC1. The zero-order chi connectivity index (χ0) is 21.3. The molecule has 7 heteroatoms. The maximum absolute atomic E-state index is 13.3. The summed E-state index contributed by atoms with van der Waals surface area (Å²) in [6.07, 6.45) is 2.27. The van der Waals surface area contributed by atoms with Crippen molar-refractivity contribution in [3.63, 3.8) is 0 Å². The molecular weight excluding hydrogens is 385 g/mol. The normalized spacial score (nSPS) is 14.4. The molecule has 160 valence electrons. The Hall–Kier alpha value is -2.93. The number of para-hydroxylation sites is 1. The molecule has 2 aromatic carbocycles. The van der Waals surface area contributed by atoms with Crippen molar-refractivity contribution < 1.29 is 18.7 Å². The average molecular weight is 413 g/mol. The second-order valence-electron chi connectivity index (χ2n) is 7.36. The highest BCUT2D eigenvalue weighted by Crippen LogP contribution is 2.24. The first-order valence-corrected chi connectivity index (χ1v) is 10.3. The van der Waals surface area contributed by atoms with E-state index in [1.165, 1.54) is 18.2 Å². The van der Waals surface area contributed by atoms with Gasteiger partial charge in [-0.3, -0.25) is 9.59 Å². The molecule has 6 nitrogen and oxygen atoms in total. The van der Waals surface area contributed by atoms with Crippen LogP contribution >= 0.6 is 0 Å². The van der Waals surface area contributed by atoms with Gasteiger partial charge in [-0.2, -0.15) is 0 Å². The number of nitrogens with zero attached hydrogens (tertiary/aromatic N) is 1. The van der Waals surface area contributed by atoms with E-state index in [9.17, 15) is 14.0 Å². The van der Waals surface area contributed by atoms with Gasteiger partial charge >= 0.3 is 0 Å². The van der Waals surface area contributed by atoms with E-state index in [2.05, 4.69) is 15.5 Å². The molecule has 0 aromatic heterocycles. The minimum Gasteiger partial charge on any atom is -0.385 e. The quantitative estimate of drug-likeness (QED) is 0.653. The van der Waals surface area contributed by atoms with Gasteiger partial charge in [0.05, 0.1) is 5.56 Å². The Bertz CT molecular complexity index is 866. The molecule has 1 aliphatic heterocycles. The summed E-state index contributed by atoms with van der Waals surface area (Å²) < 4.78 is 18.4. The number of carbonyl (C=O) groups is 2. The van der Waals surface area contributed by atoms with Gasteiger partial charge in [-0.15, -0.1) is 0 Å². The van der Waals surface area contributed by atoms with E-state index in [0.717, 1.165) is 38.0 Å². The molecule has 1 fully saturated rings. The van der Waals surface area contributed by atoms with Crippen LogP contribution in [0.25, 0.3) is 0 Å². The van der Waals surface area contributed by atoms with Crippen molar-refractivity contribution in [3.8, 4) is 0 Å². The molecule has 2 aromatic rings. The number of benzene rings is 2. The number of carbonyl (C=O) groups excluding carboxylic acids is 2. The highest BCUT2D eigenvalue weighted by molar-refractivity contribution is 5.99. The molecule has 2 amide bonds. The lowest BCUT2D eigenvalue weighted by Gasteiger charge is -2.35. The highest BCUT2D eigenvalue weighted by Gasteiger charge is 2.24. The van der Waals surface area contributed by atoms with Crippen molar-refractivity contribution in [2.24, 2.45) is 0 Å². The van der Waals surface area contributed by atoms with Gasteiger partial charge in [0.15, 0.2) is 0 Å². The maximum Gasteiger partial charge on any atom is 0.253 e. The number of halogens is 1. The number of anilines is 1. The summed E-state index contributed by atoms with van der Waals surface area (Å²) >= 11 is 0. The van der Waals surface area contributed by atoms with Crippen LogP contribution in [0.1, 0.15) is 40.0 Å². The predicted molar refractivity (Wildman–Crippen MR) is 114 cm³/mol. The van der Waals surface area contributed by atoms with Gasteiger partial charge in [-0.25, -0.2) is 4.39 Å². The second-order valence-corrected chi connectivity index (χ2v) is 7.36. The number of rotatable bonds is 8. The molecule has 0 saturated carbocycles. The summed E-state index contributed by atoms with van der Waals surface area (Å²) in [6, 6.07) is 13.3. The van der Waals surface area contributed by atoms with Crippen LogP contribution < -0.4 is 15.5 Å². The molecule has 0 spiro atoms. The molecule has 1 saturated heterocycles. The Kier molecular flexibility index (Phi) is 7.79. The molecule has 0 radical (unpaired) electrons. The zero-order valence-corrected chi connectivity index (χ0v) is 17.2. The van der Waals surface area contributed by atoms with E-state index in [1.807, 2.05) is 24.3 Å². The standard InChI is InChI=1S/C23H28FN3O3/c1-30-15-5-12-25-23(29)20-8-2-3-9-21(20)27-13-10-19(11-14-27)26-22(28)17-6-4-7-18(24)16-17/h2-4,6-9,16,19H,5,10-15H2,1H3,(H,25,29)(H,26,28). The van der Waals surface area contributed by atoms with Gasteiger partial charge in [0, 0.05) is 50.6 Å². The maximum atomic E-state index is 13.3. The van der Waals surface area contributed by atoms with Crippen molar-refractivity contribution in [3.05, 3.63) is 65.5 Å². The van der Waals surface area contributed by atoms with Crippen LogP contribution in [-0.4, -0.2) is 51.2 Å². The Labute approximate surface area is 176 Å². The molecule has 1 aliphatic rings. The van der Waals surface area contributed by atoms with E-state index >= 15 is 0 Å². The van der Waals surface area contributed by atoms with Crippen LogP contribution in [0.2, 0.25) is 0 Å². The fourth-order valence-corrected chi connectivity index (χ4v) is 3.62. The van der Waals surface area contributed by atoms with Gasteiger partial charge in [0.1, 0.15) is 5.82 Å². The zero-order valence-electron chi connectivity index (χ0n) is 17.2. The first-order chi connectivity index (χ1) is 14.6. The molecule has 0 bridgehead atoms. The van der Waals surface area contributed by atoms with Crippen molar-refractivity contribution in [1.82, 2.24) is 10.6 Å². The van der Waals surface area contributed by atoms with E-state index in [0.29, 0.717) is 24.3 Å². The largest absolute Gasteiger partial charge is 0.385 e. The number of ether oxygens (including phenoxy) is 1. The number of nitrogens with one attached hydrogen (secondary N) is 2. The smallest absolute Gasteiger partial charge is 0.253 e. The lowest BCUT2D eigenvalue weighted by atomic mass is 10.0. The Morgan fingerprint density at radius 3 is 2.60 bits per heavy atom. The third kappa shape index (κ3) is 5.79. The first-order valence-electron chi connectivity index (χ1n) is 10.3. The molecule has 1 heterocycles. The lowest BCUT2D eigenvalue weighted by molar-refractivity contribution is 0.0928. The Balaban J connectivity index is 1.56. The number of hydrogen-bond acceptors (Lipinski definition) is 4. The predicted octanol–water partition coefficient (Wildman–Crippen LogP) is 2.99. The molecule has 2 N–H and O–H groups in total. The molecule has 3 rings (SSSR count). The van der Waals surface area contributed by atoms with Crippen LogP contribution in [0.15, 0.2) is 48.5 Å². The van der Waals surface area contributed by atoms with Crippen molar-refractivity contribution in [1.29, 1.82) is 0 Å². The monoisotopic (exact) mass is 413 g/mol. The Morgan fingerprint density at radius 1 is 1.10 bits per heavy atom.